The Balaban J connectivity index is 1.38. The number of nitrogens with one attached hydrogen (secondary N) is 3. The van der Waals surface area contributed by atoms with Crippen molar-refractivity contribution in [2.75, 3.05) is 26.7 Å². The Morgan fingerprint density at radius 2 is 1.84 bits per heavy atom. The van der Waals surface area contributed by atoms with E-state index in [1.54, 1.807) is 26.8 Å². The maximum atomic E-state index is 14.4. The highest BCUT2D eigenvalue weighted by Crippen LogP contribution is 2.45. The highest BCUT2D eigenvalue weighted by atomic mass is 32.2. The summed E-state index contributed by atoms with van der Waals surface area (Å²) in [5.41, 5.74) is -1.51. The Morgan fingerprint density at radius 3 is 2.44 bits per heavy atom. The Labute approximate surface area is 319 Å². The van der Waals surface area contributed by atoms with Gasteiger partial charge in [0.1, 0.15) is 29.1 Å². The number of sulfonamides is 1. The predicted molar refractivity (Wildman–Crippen MR) is 195 cm³/mol. The number of carbonyl (C=O) groups is 6. The summed E-state index contributed by atoms with van der Waals surface area (Å²) in [4.78, 5) is 84.2. The first-order chi connectivity index (χ1) is 25.8. The van der Waals surface area contributed by atoms with Gasteiger partial charge in [-0.05, 0) is 64.2 Å². The molecule has 0 bridgehead atoms. The molecule has 3 fully saturated rings. The van der Waals surface area contributed by atoms with Gasteiger partial charge in [-0.2, -0.15) is 0 Å². The number of rotatable bonds is 15. The third kappa shape index (κ3) is 9.70. The molecule has 0 radical (unpaired) electrons. The molecule has 300 valence electrons. The summed E-state index contributed by atoms with van der Waals surface area (Å²) in [5.74, 6) is -4.56. The second-order valence-electron chi connectivity index (χ2n) is 15.4. The number of halogens is 1. The number of hydrogen-bond acceptors (Lipinski definition) is 11. The smallest absolute Gasteiger partial charge is 0.410 e. The Morgan fingerprint density at radius 1 is 1.13 bits per heavy atom. The highest BCUT2D eigenvalue weighted by Gasteiger charge is 2.62. The van der Waals surface area contributed by atoms with Gasteiger partial charge in [0.25, 0.3) is 5.91 Å². The average Bonchev–Trinajstić information content (AvgIpc) is 4.01. The van der Waals surface area contributed by atoms with Gasteiger partial charge in [0.05, 0.1) is 30.9 Å². The van der Waals surface area contributed by atoms with Crippen LogP contribution in [0, 0.1) is 11.7 Å². The maximum absolute atomic E-state index is 14.4. The number of likely N-dealkylation sites (tertiary alicyclic amines) is 1. The van der Waals surface area contributed by atoms with Crippen LogP contribution in [0.3, 0.4) is 0 Å². The molecule has 5 amide bonds. The van der Waals surface area contributed by atoms with Gasteiger partial charge in [-0.1, -0.05) is 24.8 Å². The van der Waals surface area contributed by atoms with Crippen molar-refractivity contribution in [1.82, 2.24) is 30.1 Å². The maximum Gasteiger partial charge on any atom is 0.410 e. The molecule has 1 saturated heterocycles. The fourth-order valence-electron chi connectivity index (χ4n) is 6.81. The normalized spacial score (nSPS) is 23.5. The van der Waals surface area contributed by atoms with Crippen molar-refractivity contribution in [2.45, 2.75) is 101 Å². The number of benzene rings is 1. The minimum absolute atomic E-state index is 0.0193. The third-order valence-electron chi connectivity index (χ3n) is 10.1. The first-order valence-corrected chi connectivity index (χ1v) is 19.7. The fraction of sp³-hybridized carbons (Fsp3) is 0.568. The van der Waals surface area contributed by atoms with Gasteiger partial charge in [-0.3, -0.25) is 38.9 Å². The van der Waals surface area contributed by atoms with Gasteiger partial charge in [0.2, 0.25) is 27.7 Å². The topological polar surface area (TPSA) is 201 Å². The van der Waals surface area contributed by atoms with Crippen LogP contribution in [0.2, 0.25) is 0 Å². The van der Waals surface area contributed by atoms with E-state index in [-0.39, 0.29) is 45.4 Å². The van der Waals surface area contributed by atoms with Crippen molar-refractivity contribution < 1.29 is 51.0 Å². The molecule has 2 unspecified atom stereocenters. The quantitative estimate of drug-likeness (QED) is 0.131. The van der Waals surface area contributed by atoms with Gasteiger partial charge in [-0.15, -0.1) is 6.58 Å². The van der Waals surface area contributed by atoms with Crippen molar-refractivity contribution in [2.24, 2.45) is 5.92 Å². The zero-order valence-corrected chi connectivity index (χ0v) is 32.3. The van der Waals surface area contributed by atoms with Gasteiger partial charge in [-0.25, -0.2) is 17.6 Å². The SMILES string of the molecule is C=CC(=O)N(C)CC[C@H](NCC(=O)OC(C)(C)C)C(=O)N1C[C@H](OC(=O)N2Cc3cccc(F)c3C2)CC1C(=O)N[C@]1(C(=O)NS(=O)(=O)C2CC2)CC1C=C. The molecule has 2 heterocycles. The van der Waals surface area contributed by atoms with Crippen LogP contribution in [0.1, 0.15) is 64.0 Å². The predicted octanol–water partition coefficient (Wildman–Crippen LogP) is 1.25. The summed E-state index contributed by atoms with van der Waals surface area (Å²) in [6, 6.07) is 2.05. The number of fused-ring (bicyclic) bond motifs is 1. The van der Waals surface area contributed by atoms with Crippen molar-refractivity contribution in [1.29, 1.82) is 0 Å². The molecule has 2 aliphatic carbocycles. The molecule has 5 rings (SSSR count). The summed E-state index contributed by atoms with van der Waals surface area (Å²) in [7, 11) is -2.46. The van der Waals surface area contributed by atoms with Gasteiger partial charge < -0.3 is 24.6 Å². The number of carbonyl (C=O) groups excluding carboxylic acids is 6. The number of likely N-dealkylation sites (N-methyl/N-ethyl adjacent to an activating group) is 1. The number of amides is 5. The molecule has 4 aliphatic rings. The van der Waals surface area contributed by atoms with Gasteiger partial charge in [0, 0.05) is 38.0 Å². The van der Waals surface area contributed by atoms with E-state index in [4.69, 9.17) is 9.47 Å². The van der Waals surface area contributed by atoms with E-state index in [1.807, 2.05) is 0 Å². The Kier molecular flexibility index (Phi) is 12.1. The summed E-state index contributed by atoms with van der Waals surface area (Å²) in [6.07, 6.45) is 1.35. The lowest BCUT2D eigenvalue weighted by Crippen LogP contribution is -2.58. The first kappa shape index (κ1) is 41.3. The Bertz CT molecular complexity index is 1860. The summed E-state index contributed by atoms with van der Waals surface area (Å²) >= 11 is 0. The summed E-state index contributed by atoms with van der Waals surface area (Å²) in [6.45, 7) is 11.6. The molecule has 18 heteroatoms. The molecule has 1 aromatic rings. The van der Waals surface area contributed by atoms with E-state index in [9.17, 15) is 41.6 Å². The molecular weight excluding hydrogens is 740 g/mol. The van der Waals surface area contributed by atoms with Crippen LogP contribution < -0.4 is 15.4 Å². The third-order valence-corrected chi connectivity index (χ3v) is 11.9. The molecule has 2 saturated carbocycles. The standard InChI is InChI=1S/C37H49FN6O10S/c1-7-23-17-37(23,34(49)41-55(51,52)25-12-13-25)40-32(47)29-16-24(53-35(50)43-19-22-10-9-11-27(38)26(22)21-43)20-44(29)33(48)28(14-15-42(6)30(45)8-2)39-18-31(46)54-36(3,4)5/h7-11,23-25,28-29,39H,1-2,12-21H2,3-6H3,(H,40,47)(H,41,49)/t23?,24-,28+,29?,37-/m1/s1. The van der Waals surface area contributed by atoms with Crippen LogP contribution >= 0.6 is 0 Å². The second-order valence-corrected chi connectivity index (χ2v) is 17.4. The van der Waals surface area contributed by atoms with Gasteiger partial charge >= 0.3 is 12.1 Å². The molecule has 55 heavy (non-hydrogen) atoms. The number of nitrogens with zero attached hydrogens (tertiary/aromatic N) is 3. The van der Waals surface area contributed by atoms with Crippen molar-refractivity contribution in [3.8, 4) is 0 Å². The van der Waals surface area contributed by atoms with E-state index in [2.05, 4.69) is 28.5 Å². The molecule has 0 aromatic heterocycles. The van der Waals surface area contributed by atoms with Crippen LogP contribution in [-0.2, 0) is 56.6 Å². The van der Waals surface area contributed by atoms with Crippen LogP contribution in [0.4, 0.5) is 9.18 Å². The number of esters is 1. The zero-order valence-electron chi connectivity index (χ0n) is 31.5. The van der Waals surface area contributed by atoms with E-state index >= 15 is 0 Å². The second kappa shape index (κ2) is 16.1. The van der Waals surface area contributed by atoms with E-state index in [0.717, 1.165) is 6.08 Å². The summed E-state index contributed by atoms with van der Waals surface area (Å²) in [5, 5.41) is 4.87. The minimum atomic E-state index is -3.97. The highest BCUT2D eigenvalue weighted by molar-refractivity contribution is 7.91. The molecule has 3 N–H and O–H groups in total. The first-order valence-electron chi connectivity index (χ1n) is 18.1. The Hall–Kier alpha value is -4.84. The molecule has 0 spiro atoms. The molecule has 16 nitrogen and oxygen atoms in total. The lowest BCUT2D eigenvalue weighted by Gasteiger charge is -2.30. The molecule has 2 aliphatic heterocycles. The monoisotopic (exact) mass is 788 g/mol. The fourth-order valence-corrected chi connectivity index (χ4v) is 8.17. The summed E-state index contributed by atoms with van der Waals surface area (Å²) < 4.78 is 53.1. The number of ether oxygens (including phenoxy) is 2. The van der Waals surface area contributed by atoms with Crippen LogP contribution in [0.5, 0.6) is 0 Å². The lowest BCUT2D eigenvalue weighted by molar-refractivity contribution is -0.154. The van der Waals surface area contributed by atoms with Crippen LogP contribution in [0.15, 0.2) is 43.5 Å². The average molecular weight is 789 g/mol. The van der Waals surface area contributed by atoms with Crippen molar-refractivity contribution in [3.05, 3.63) is 60.5 Å². The molecule has 5 atom stereocenters. The lowest BCUT2D eigenvalue weighted by atomic mass is 10.1. The van der Waals surface area contributed by atoms with Crippen molar-refractivity contribution in [3.63, 3.8) is 0 Å². The number of hydrogen-bond donors (Lipinski definition) is 3. The van der Waals surface area contributed by atoms with E-state index < -0.39 is 98.6 Å². The van der Waals surface area contributed by atoms with E-state index in [1.165, 1.54) is 40.0 Å². The molecule has 1 aromatic carbocycles. The zero-order chi connectivity index (χ0) is 40.5. The molecular formula is C37H49FN6O10S. The minimum Gasteiger partial charge on any atom is -0.459 e. The van der Waals surface area contributed by atoms with E-state index in [0.29, 0.717) is 24.0 Å². The van der Waals surface area contributed by atoms with Gasteiger partial charge in [0.15, 0.2) is 0 Å². The van der Waals surface area contributed by atoms with Crippen LogP contribution in [0.25, 0.3) is 0 Å². The van der Waals surface area contributed by atoms with Crippen molar-refractivity contribution >= 4 is 45.7 Å². The largest absolute Gasteiger partial charge is 0.459 e. The van der Waals surface area contributed by atoms with Crippen LogP contribution in [-0.4, -0.2) is 120 Å².